The largest absolute Gasteiger partial charge is 0.323 e. The predicted molar refractivity (Wildman–Crippen MR) is 75.1 cm³/mol. The van der Waals surface area contributed by atoms with Crippen LogP contribution in [0.4, 0.5) is 5.69 Å². The molecule has 19 heavy (non-hydrogen) atoms. The Morgan fingerprint density at radius 2 is 2.05 bits per heavy atom. The van der Waals surface area contributed by atoms with Gasteiger partial charge in [-0.25, -0.2) is 9.67 Å². The van der Waals surface area contributed by atoms with E-state index in [9.17, 15) is 4.79 Å². The van der Waals surface area contributed by atoms with E-state index in [2.05, 4.69) is 34.6 Å². The summed E-state index contributed by atoms with van der Waals surface area (Å²) in [7, 11) is 1.75. The second-order valence-electron chi connectivity index (χ2n) is 4.82. The Labute approximate surface area is 112 Å². The van der Waals surface area contributed by atoms with Crippen molar-refractivity contribution < 1.29 is 4.79 Å². The van der Waals surface area contributed by atoms with Gasteiger partial charge in [-0.2, -0.15) is 5.10 Å². The topological polar surface area (TPSA) is 71.8 Å². The van der Waals surface area contributed by atoms with Gasteiger partial charge in [-0.05, 0) is 33.9 Å². The average Bonchev–Trinajstić information content (AvgIpc) is 2.80. The molecule has 0 bridgehead atoms. The summed E-state index contributed by atoms with van der Waals surface area (Å²) in [6.45, 7) is 5.91. The van der Waals surface area contributed by atoms with E-state index >= 15 is 0 Å². The van der Waals surface area contributed by atoms with Crippen LogP contribution >= 0.6 is 0 Å². The molecule has 2 N–H and O–H groups in total. The molecule has 0 aliphatic carbocycles. The molecule has 1 atom stereocenters. The van der Waals surface area contributed by atoms with Gasteiger partial charge in [0, 0.05) is 11.4 Å². The number of fused-ring (bicyclic) bond motifs is 1. The van der Waals surface area contributed by atoms with E-state index in [0.717, 1.165) is 11.0 Å². The van der Waals surface area contributed by atoms with Gasteiger partial charge in [0.25, 0.3) is 0 Å². The van der Waals surface area contributed by atoms with Crippen molar-refractivity contribution in [1.82, 2.24) is 20.1 Å². The summed E-state index contributed by atoms with van der Waals surface area (Å²) in [4.78, 5) is 16.1. The first-order chi connectivity index (χ1) is 9.02. The Hall–Kier alpha value is -1.95. The van der Waals surface area contributed by atoms with E-state index in [1.807, 2.05) is 10.7 Å². The maximum absolute atomic E-state index is 11.8. The molecule has 102 valence electrons. The highest BCUT2D eigenvalue weighted by atomic mass is 16.2. The summed E-state index contributed by atoms with van der Waals surface area (Å²) in [6.07, 6.45) is 3.42. The molecule has 2 aromatic rings. The lowest BCUT2D eigenvalue weighted by Gasteiger charge is -2.11. The maximum atomic E-state index is 11.8. The van der Waals surface area contributed by atoms with Crippen LogP contribution in [0.5, 0.6) is 0 Å². The Kier molecular flexibility index (Phi) is 3.80. The average molecular weight is 261 g/mol. The summed E-state index contributed by atoms with van der Waals surface area (Å²) in [6, 6.07) is 1.90. The third-order valence-corrected chi connectivity index (χ3v) is 3.02. The third kappa shape index (κ3) is 2.73. The molecular weight excluding hydrogens is 242 g/mol. The molecule has 1 unspecified atom stereocenters. The molecule has 0 aliphatic rings. The molecule has 6 heteroatoms. The van der Waals surface area contributed by atoms with Crippen molar-refractivity contribution in [2.75, 3.05) is 12.4 Å². The molecule has 1 amide bonds. The minimum atomic E-state index is -0.242. The summed E-state index contributed by atoms with van der Waals surface area (Å²) < 4.78 is 1.86. The van der Waals surface area contributed by atoms with Crippen LogP contribution < -0.4 is 10.6 Å². The van der Waals surface area contributed by atoms with E-state index in [0.29, 0.717) is 5.69 Å². The van der Waals surface area contributed by atoms with Crippen LogP contribution in [-0.2, 0) is 4.79 Å². The van der Waals surface area contributed by atoms with Gasteiger partial charge >= 0.3 is 0 Å². The summed E-state index contributed by atoms with van der Waals surface area (Å²) in [5.74, 6) is -0.0834. The number of pyridine rings is 1. The first-order valence-corrected chi connectivity index (χ1v) is 6.34. The lowest BCUT2D eigenvalue weighted by Crippen LogP contribution is -2.35. The summed E-state index contributed by atoms with van der Waals surface area (Å²) >= 11 is 0. The minimum absolute atomic E-state index is 0.0834. The normalized spacial score (nSPS) is 12.9. The monoisotopic (exact) mass is 261 g/mol. The van der Waals surface area contributed by atoms with E-state index < -0.39 is 0 Å². The Bertz CT molecular complexity index is 590. The second kappa shape index (κ2) is 5.36. The first kappa shape index (κ1) is 13.5. The van der Waals surface area contributed by atoms with Crippen LogP contribution in [0.2, 0.25) is 0 Å². The third-order valence-electron chi connectivity index (χ3n) is 3.02. The number of carbonyl (C=O) groups excluding carboxylic acids is 1. The van der Waals surface area contributed by atoms with Gasteiger partial charge in [0.1, 0.15) is 0 Å². The molecule has 0 saturated heterocycles. The van der Waals surface area contributed by atoms with Crippen LogP contribution in [0.1, 0.15) is 26.8 Å². The standard InChI is InChI=1S/C13H19N5O/c1-8(2)18-12-10(6-16-18)5-11(7-15-12)17-13(19)9(3)14-4/h5-9,14H,1-4H3,(H,17,19). The fourth-order valence-corrected chi connectivity index (χ4v) is 1.77. The number of nitrogens with one attached hydrogen (secondary N) is 2. The smallest absolute Gasteiger partial charge is 0.241 e. The van der Waals surface area contributed by atoms with Crippen LogP contribution in [0, 0.1) is 0 Å². The van der Waals surface area contributed by atoms with Crippen LogP contribution in [0.15, 0.2) is 18.5 Å². The fourth-order valence-electron chi connectivity index (χ4n) is 1.77. The number of nitrogens with zero attached hydrogens (tertiary/aromatic N) is 3. The van der Waals surface area contributed by atoms with Crippen LogP contribution in [0.25, 0.3) is 11.0 Å². The minimum Gasteiger partial charge on any atom is -0.323 e. The van der Waals surface area contributed by atoms with Gasteiger partial charge in [-0.1, -0.05) is 0 Å². The molecule has 0 saturated carbocycles. The highest BCUT2D eigenvalue weighted by Crippen LogP contribution is 2.19. The van der Waals surface area contributed by atoms with E-state index in [1.54, 1.807) is 26.4 Å². The fraction of sp³-hybridized carbons (Fsp3) is 0.462. The maximum Gasteiger partial charge on any atom is 0.241 e. The molecular formula is C13H19N5O. The van der Waals surface area contributed by atoms with Crippen LogP contribution in [0.3, 0.4) is 0 Å². The molecule has 0 aromatic carbocycles. The zero-order valence-corrected chi connectivity index (χ0v) is 11.6. The van der Waals surface area contributed by atoms with Crippen molar-refractivity contribution in [2.24, 2.45) is 0 Å². The number of hydrogen-bond acceptors (Lipinski definition) is 4. The Morgan fingerprint density at radius 1 is 1.32 bits per heavy atom. The van der Waals surface area contributed by atoms with Crippen molar-refractivity contribution in [3.63, 3.8) is 0 Å². The van der Waals surface area contributed by atoms with Crippen molar-refractivity contribution in [3.05, 3.63) is 18.5 Å². The van der Waals surface area contributed by atoms with Gasteiger partial charge < -0.3 is 10.6 Å². The molecule has 0 radical (unpaired) electrons. The van der Waals surface area contributed by atoms with Gasteiger partial charge in [0.15, 0.2) is 5.65 Å². The van der Waals surface area contributed by atoms with Crippen LogP contribution in [-0.4, -0.2) is 33.8 Å². The zero-order chi connectivity index (χ0) is 14.0. The van der Waals surface area contributed by atoms with Crippen molar-refractivity contribution in [1.29, 1.82) is 0 Å². The van der Waals surface area contributed by atoms with E-state index in [-0.39, 0.29) is 18.0 Å². The Balaban J connectivity index is 2.25. The number of anilines is 1. The number of amides is 1. The lowest BCUT2D eigenvalue weighted by atomic mass is 10.3. The lowest BCUT2D eigenvalue weighted by molar-refractivity contribution is -0.117. The highest BCUT2D eigenvalue weighted by Gasteiger charge is 2.12. The number of hydrogen-bond donors (Lipinski definition) is 2. The second-order valence-corrected chi connectivity index (χ2v) is 4.82. The SMILES string of the molecule is CNC(C)C(=O)Nc1cnc2c(cnn2C(C)C)c1. The zero-order valence-electron chi connectivity index (χ0n) is 11.6. The first-order valence-electron chi connectivity index (χ1n) is 6.34. The number of likely N-dealkylation sites (N-methyl/N-ethyl adjacent to an activating group) is 1. The molecule has 0 fully saturated rings. The predicted octanol–water partition coefficient (Wildman–Crippen LogP) is 1.56. The van der Waals surface area contributed by atoms with E-state index in [1.165, 1.54) is 0 Å². The molecule has 6 nitrogen and oxygen atoms in total. The highest BCUT2D eigenvalue weighted by molar-refractivity contribution is 5.95. The van der Waals surface area contributed by atoms with Crippen molar-refractivity contribution in [3.8, 4) is 0 Å². The van der Waals surface area contributed by atoms with Gasteiger partial charge in [-0.3, -0.25) is 4.79 Å². The van der Waals surface area contributed by atoms with Gasteiger partial charge in [-0.15, -0.1) is 0 Å². The molecule has 0 aliphatic heterocycles. The molecule has 2 heterocycles. The van der Waals surface area contributed by atoms with Crippen molar-refractivity contribution >= 4 is 22.6 Å². The number of rotatable bonds is 4. The summed E-state index contributed by atoms with van der Waals surface area (Å²) in [5.41, 5.74) is 1.51. The molecule has 2 rings (SSSR count). The quantitative estimate of drug-likeness (QED) is 0.876. The number of aromatic nitrogens is 3. The van der Waals surface area contributed by atoms with Crippen molar-refractivity contribution in [2.45, 2.75) is 32.9 Å². The summed E-state index contributed by atoms with van der Waals surface area (Å²) in [5, 5.41) is 10.9. The van der Waals surface area contributed by atoms with Gasteiger partial charge in [0.2, 0.25) is 5.91 Å². The Morgan fingerprint density at radius 3 is 2.68 bits per heavy atom. The van der Waals surface area contributed by atoms with E-state index in [4.69, 9.17) is 0 Å². The number of carbonyl (C=O) groups is 1. The molecule has 2 aromatic heterocycles. The molecule has 0 spiro atoms. The van der Waals surface area contributed by atoms with Gasteiger partial charge in [0.05, 0.1) is 24.1 Å².